The van der Waals surface area contributed by atoms with E-state index in [9.17, 15) is 14.9 Å². The zero-order chi connectivity index (χ0) is 21.0. The lowest BCUT2D eigenvalue weighted by Gasteiger charge is -2.18. The van der Waals surface area contributed by atoms with E-state index in [1.54, 1.807) is 5.38 Å². The predicted octanol–water partition coefficient (Wildman–Crippen LogP) is 4.63. The lowest BCUT2D eigenvalue weighted by Crippen LogP contribution is -2.22. The smallest absolute Gasteiger partial charge is 0.273 e. The molecule has 1 amide bonds. The summed E-state index contributed by atoms with van der Waals surface area (Å²) in [6, 6.07) is 11.7. The molecule has 0 aliphatic rings. The first-order chi connectivity index (χ1) is 13.9. The predicted molar refractivity (Wildman–Crippen MR) is 110 cm³/mol. The number of carbonyl (C=O) groups is 1. The number of methoxy groups -OCH3 is 1. The normalized spacial score (nSPS) is 10.4. The Morgan fingerprint density at radius 1 is 1.24 bits per heavy atom. The largest absolute Gasteiger partial charge is 0.493 e. The van der Waals surface area contributed by atoms with Crippen LogP contribution in [0, 0.1) is 17.0 Å². The van der Waals surface area contributed by atoms with Gasteiger partial charge in [-0.25, -0.2) is 4.98 Å². The van der Waals surface area contributed by atoms with Gasteiger partial charge in [-0.15, -0.1) is 11.3 Å². The molecule has 0 atom stereocenters. The number of carbonyl (C=O) groups excluding carboxylic acids is 1. The molecular formula is C20H19N3O5S. The van der Waals surface area contributed by atoms with Crippen molar-refractivity contribution in [3.63, 3.8) is 0 Å². The molecule has 0 bridgehead atoms. The van der Waals surface area contributed by atoms with Crippen LogP contribution >= 0.6 is 11.3 Å². The number of benzene rings is 2. The van der Waals surface area contributed by atoms with Crippen LogP contribution < -0.4 is 14.4 Å². The molecule has 0 aliphatic heterocycles. The first-order valence-electron chi connectivity index (χ1n) is 8.66. The van der Waals surface area contributed by atoms with Crippen molar-refractivity contribution in [2.75, 3.05) is 12.0 Å². The van der Waals surface area contributed by atoms with Gasteiger partial charge >= 0.3 is 0 Å². The van der Waals surface area contributed by atoms with E-state index < -0.39 is 4.92 Å². The number of aromatic nitrogens is 1. The summed E-state index contributed by atoms with van der Waals surface area (Å²) in [4.78, 5) is 28.7. The molecule has 2 aromatic carbocycles. The standard InChI is InChI=1S/C20H19N3O5S/c1-13-5-4-6-16(9-13)22(14(2)24)20-21-15(12-29-20)11-28-19-10-17(23(25)26)7-8-18(19)27-3/h4-10,12H,11H2,1-3H3. The van der Waals surface area contributed by atoms with Crippen LogP contribution in [0.15, 0.2) is 47.8 Å². The summed E-state index contributed by atoms with van der Waals surface area (Å²) < 4.78 is 10.9. The fourth-order valence-electron chi connectivity index (χ4n) is 2.70. The summed E-state index contributed by atoms with van der Waals surface area (Å²) in [6.07, 6.45) is 0. The van der Waals surface area contributed by atoms with Gasteiger partial charge < -0.3 is 9.47 Å². The third kappa shape index (κ3) is 4.69. The number of nitrogens with zero attached hydrogens (tertiary/aromatic N) is 3. The van der Waals surface area contributed by atoms with Gasteiger partial charge in [0.05, 0.1) is 29.5 Å². The summed E-state index contributed by atoms with van der Waals surface area (Å²) in [5, 5.41) is 13.3. The van der Waals surface area contributed by atoms with Crippen LogP contribution in [0.3, 0.4) is 0 Å². The molecule has 1 aromatic heterocycles. The number of anilines is 2. The van der Waals surface area contributed by atoms with Crippen LogP contribution in [0.4, 0.5) is 16.5 Å². The number of hydrogen-bond acceptors (Lipinski definition) is 7. The van der Waals surface area contributed by atoms with Gasteiger partial charge in [0.15, 0.2) is 16.6 Å². The third-order valence-corrected chi connectivity index (χ3v) is 4.91. The van der Waals surface area contributed by atoms with Gasteiger partial charge in [0.25, 0.3) is 5.69 Å². The van der Waals surface area contributed by atoms with Crippen LogP contribution in [0.2, 0.25) is 0 Å². The molecular weight excluding hydrogens is 394 g/mol. The molecule has 9 heteroatoms. The molecule has 0 radical (unpaired) electrons. The highest BCUT2D eigenvalue weighted by Crippen LogP contribution is 2.33. The minimum absolute atomic E-state index is 0.0770. The number of nitro groups is 1. The van der Waals surface area contributed by atoms with Gasteiger partial charge in [-0.2, -0.15) is 0 Å². The lowest BCUT2D eigenvalue weighted by molar-refractivity contribution is -0.385. The molecule has 0 unspecified atom stereocenters. The summed E-state index contributed by atoms with van der Waals surface area (Å²) >= 11 is 1.31. The number of amides is 1. The minimum atomic E-state index is -0.500. The highest BCUT2D eigenvalue weighted by atomic mass is 32.1. The number of hydrogen-bond donors (Lipinski definition) is 0. The molecule has 8 nitrogen and oxygen atoms in total. The van der Waals surface area contributed by atoms with E-state index in [1.807, 2.05) is 31.2 Å². The monoisotopic (exact) mass is 413 g/mol. The van der Waals surface area contributed by atoms with Gasteiger partial charge in [0.1, 0.15) is 6.61 Å². The fourth-order valence-corrected chi connectivity index (χ4v) is 3.57. The minimum Gasteiger partial charge on any atom is -0.493 e. The Labute approximate surface area is 171 Å². The number of ether oxygens (including phenoxy) is 2. The first kappa shape index (κ1) is 20.3. The molecule has 0 saturated carbocycles. The van der Waals surface area contributed by atoms with E-state index in [-0.39, 0.29) is 24.0 Å². The van der Waals surface area contributed by atoms with Crippen LogP contribution in [-0.4, -0.2) is 22.9 Å². The Morgan fingerprint density at radius 2 is 2.03 bits per heavy atom. The second kappa shape index (κ2) is 8.70. The molecule has 0 saturated heterocycles. The lowest BCUT2D eigenvalue weighted by atomic mass is 10.2. The van der Waals surface area contributed by atoms with Crippen LogP contribution in [0.1, 0.15) is 18.2 Å². The van der Waals surface area contributed by atoms with E-state index in [0.29, 0.717) is 16.6 Å². The van der Waals surface area contributed by atoms with E-state index in [0.717, 1.165) is 11.3 Å². The fraction of sp³-hybridized carbons (Fsp3) is 0.200. The summed E-state index contributed by atoms with van der Waals surface area (Å²) in [6.45, 7) is 3.51. The zero-order valence-electron chi connectivity index (χ0n) is 16.1. The van der Waals surface area contributed by atoms with Crippen LogP contribution in [-0.2, 0) is 11.4 Å². The van der Waals surface area contributed by atoms with E-state index in [1.165, 1.54) is 48.5 Å². The van der Waals surface area contributed by atoms with E-state index in [4.69, 9.17) is 9.47 Å². The maximum Gasteiger partial charge on any atom is 0.273 e. The average molecular weight is 413 g/mol. The molecule has 3 rings (SSSR count). The van der Waals surface area contributed by atoms with Crippen molar-refractivity contribution in [2.24, 2.45) is 0 Å². The van der Waals surface area contributed by atoms with Crippen molar-refractivity contribution < 1.29 is 19.2 Å². The molecule has 0 spiro atoms. The molecule has 150 valence electrons. The number of rotatable bonds is 7. The Bertz CT molecular complexity index is 1050. The Kier molecular flexibility index (Phi) is 6.08. The molecule has 1 heterocycles. The van der Waals surface area contributed by atoms with Crippen molar-refractivity contribution >= 4 is 33.8 Å². The van der Waals surface area contributed by atoms with Crippen molar-refractivity contribution in [1.29, 1.82) is 0 Å². The number of non-ortho nitro benzene ring substituents is 1. The summed E-state index contributed by atoms with van der Waals surface area (Å²) in [5.41, 5.74) is 2.27. The summed E-state index contributed by atoms with van der Waals surface area (Å²) in [5.74, 6) is 0.479. The van der Waals surface area contributed by atoms with E-state index >= 15 is 0 Å². The Morgan fingerprint density at radius 3 is 2.69 bits per heavy atom. The average Bonchev–Trinajstić information content (AvgIpc) is 3.14. The second-order valence-electron chi connectivity index (χ2n) is 6.20. The highest BCUT2D eigenvalue weighted by Gasteiger charge is 2.19. The quantitative estimate of drug-likeness (QED) is 0.414. The summed E-state index contributed by atoms with van der Waals surface area (Å²) in [7, 11) is 1.46. The van der Waals surface area contributed by atoms with E-state index in [2.05, 4.69) is 4.98 Å². The third-order valence-electron chi connectivity index (χ3n) is 4.04. The molecule has 0 aliphatic carbocycles. The van der Waals surface area contributed by atoms with Gasteiger partial charge in [-0.05, 0) is 30.7 Å². The zero-order valence-corrected chi connectivity index (χ0v) is 16.9. The molecule has 0 N–H and O–H groups in total. The molecule has 0 fully saturated rings. The number of aryl methyl sites for hydroxylation is 1. The van der Waals surface area contributed by atoms with Gasteiger partial charge in [0, 0.05) is 18.4 Å². The van der Waals surface area contributed by atoms with Crippen LogP contribution in [0.25, 0.3) is 0 Å². The number of nitro benzene ring substituents is 1. The SMILES string of the molecule is COc1ccc([N+](=O)[O-])cc1OCc1csc(N(C(C)=O)c2cccc(C)c2)n1. The van der Waals surface area contributed by atoms with Crippen molar-refractivity contribution in [1.82, 2.24) is 4.98 Å². The maximum atomic E-state index is 12.2. The van der Waals surface area contributed by atoms with Crippen molar-refractivity contribution in [2.45, 2.75) is 20.5 Å². The topological polar surface area (TPSA) is 94.8 Å². The van der Waals surface area contributed by atoms with Gasteiger partial charge in [0.2, 0.25) is 5.91 Å². The van der Waals surface area contributed by atoms with Gasteiger partial charge in [-0.1, -0.05) is 12.1 Å². The number of thiazole rings is 1. The first-order valence-corrected chi connectivity index (χ1v) is 9.54. The van der Waals surface area contributed by atoms with Crippen molar-refractivity contribution in [3.05, 3.63) is 69.2 Å². The Balaban J connectivity index is 1.81. The molecule has 29 heavy (non-hydrogen) atoms. The van der Waals surface area contributed by atoms with Crippen LogP contribution in [0.5, 0.6) is 11.5 Å². The van der Waals surface area contributed by atoms with Gasteiger partial charge in [-0.3, -0.25) is 19.8 Å². The second-order valence-corrected chi connectivity index (χ2v) is 7.03. The Hall–Kier alpha value is -3.46. The highest BCUT2D eigenvalue weighted by molar-refractivity contribution is 7.14. The maximum absolute atomic E-state index is 12.2. The van der Waals surface area contributed by atoms with Crippen molar-refractivity contribution in [3.8, 4) is 11.5 Å². The molecule has 3 aromatic rings.